The monoisotopic (exact) mass is 250 g/mol. The Hall–Kier alpha value is -0.970. The Morgan fingerprint density at radius 1 is 1.33 bits per heavy atom. The molecule has 1 heterocycles. The molecule has 0 radical (unpaired) electrons. The highest BCUT2D eigenvalue weighted by atomic mass is 16.3. The van der Waals surface area contributed by atoms with E-state index < -0.39 is 12.2 Å². The smallest absolute Gasteiger partial charge is 0.0957 e. The van der Waals surface area contributed by atoms with Crippen LogP contribution in [0.3, 0.4) is 0 Å². The van der Waals surface area contributed by atoms with Gasteiger partial charge in [0.2, 0.25) is 0 Å². The summed E-state index contributed by atoms with van der Waals surface area (Å²) < 4.78 is 0. The molecule has 0 bridgehead atoms. The maximum atomic E-state index is 10.1. The number of pyridine rings is 1. The van der Waals surface area contributed by atoms with Gasteiger partial charge in [0.05, 0.1) is 12.2 Å². The highest BCUT2D eigenvalue weighted by Gasteiger charge is 2.41. The van der Waals surface area contributed by atoms with E-state index in [1.54, 1.807) is 12.4 Å². The summed E-state index contributed by atoms with van der Waals surface area (Å²) in [4.78, 5) is 4.01. The Morgan fingerprint density at radius 2 is 2.00 bits per heavy atom. The van der Waals surface area contributed by atoms with Crippen molar-refractivity contribution in [3.8, 4) is 0 Å². The Bertz CT molecular complexity index is 369. The van der Waals surface area contributed by atoms with Gasteiger partial charge in [-0.15, -0.1) is 0 Å². The SMILES string of the molecule is CC(C)CN[C@H]1[C@H](O)[C@H](O)C[C@@H]1c1ccncc1. The van der Waals surface area contributed by atoms with Gasteiger partial charge in [-0.1, -0.05) is 13.8 Å². The summed E-state index contributed by atoms with van der Waals surface area (Å²) >= 11 is 0. The van der Waals surface area contributed by atoms with Crippen molar-refractivity contribution in [1.29, 1.82) is 0 Å². The Labute approximate surface area is 108 Å². The van der Waals surface area contributed by atoms with Crippen LogP contribution in [0, 0.1) is 5.92 Å². The van der Waals surface area contributed by atoms with Gasteiger partial charge in [0.25, 0.3) is 0 Å². The zero-order valence-corrected chi connectivity index (χ0v) is 11.0. The number of rotatable bonds is 4. The molecule has 100 valence electrons. The standard InChI is InChI=1S/C14H22N2O2/c1-9(2)8-16-13-11(7-12(17)14(13)18)10-3-5-15-6-4-10/h3-6,9,11-14,16-18H,7-8H2,1-2H3/t11-,12-,13-,14-/m1/s1. The fraction of sp³-hybridized carbons (Fsp3) is 0.643. The van der Waals surface area contributed by atoms with Crippen LogP contribution in [0.1, 0.15) is 31.7 Å². The molecule has 0 aliphatic heterocycles. The molecule has 4 heteroatoms. The third kappa shape index (κ3) is 2.88. The second kappa shape index (κ2) is 5.78. The lowest BCUT2D eigenvalue weighted by Gasteiger charge is -2.24. The minimum atomic E-state index is -0.693. The fourth-order valence-electron chi connectivity index (χ4n) is 2.61. The lowest BCUT2D eigenvalue weighted by Crippen LogP contribution is -2.43. The molecule has 0 amide bonds. The lowest BCUT2D eigenvalue weighted by molar-refractivity contribution is 0.0296. The first-order valence-electron chi connectivity index (χ1n) is 6.59. The van der Waals surface area contributed by atoms with Crippen LogP contribution in [-0.4, -0.2) is 40.0 Å². The van der Waals surface area contributed by atoms with E-state index in [2.05, 4.69) is 24.1 Å². The molecular formula is C14H22N2O2. The van der Waals surface area contributed by atoms with Crippen LogP contribution in [0.15, 0.2) is 24.5 Å². The zero-order chi connectivity index (χ0) is 13.1. The number of aliphatic hydroxyl groups is 2. The van der Waals surface area contributed by atoms with Crippen molar-refractivity contribution in [3.63, 3.8) is 0 Å². The number of hydrogen-bond donors (Lipinski definition) is 3. The molecule has 0 spiro atoms. The molecule has 1 aromatic heterocycles. The normalized spacial score (nSPS) is 32.1. The summed E-state index contributed by atoms with van der Waals surface area (Å²) in [5.41, 5.74) is 1.13. The lowest BCUT2D eigenvalue weighted by atomic mass is 9.94. The van der Waals surface area contributed by atoms with Crippen molar-refractivity contribution in [2.24, 2.45) is 5.92 Å². The van der Waals surface area contributed by atoms with E-state index in [-0.39, 0.29) is 12.0 Å². The maximum absolute atomic E-state index is 10.1. The van der Waals surface area contributed by atoms with Crippen molar-refractivity contribution in [2.45, 2.75) is 44.4 Å². The van der Waals surface area contributed by atoms with E-state index in [1.807, 2.05) is 12.1 Å². The average molecular weight is 250 g/mol. The molecule has 1 saturated carbocycles. The van der Waals surface area contributed by atoms with Crippen LogP contribution >= 0.6 is 0 Å². The molecule has 1 fully saturated rings. The van der Waals surface area contributed by atoms with Crippen LogP contribution in [0.2, 0.25) is 0 Å². The van der Waals surface area contributed by atoms with E-state index in [4.69, 9.17) is 0 Å². The third-order valence-electron chi connectivity index (χ3n) is 3.59. The van der Waals surface area contributed by atoms with Gasteiger partial charge in [0, 0.05) is 24.4 Å². The van der Waals surface area contributed by atoms with Crippen molar-refractivity contribution in [1.82, 2.24) is 10.3 Å². The first-order chi connectivity index (χ1) is 8.59. The number of aromatic nitrogens is 1. The van der Waals surface area contributed by atoms with Crippen LogP contribution < -0.4 is 5.32 Å². The minimum Gasteiger partial charge on any atom is -0.390 e. The maximum Gasteiger partial charge on any atom is 0.0957 e. The van der Waals surface area contributed by atoms with Gasteiger partial charge in [-0.05, 0) is 36.6 Å². The summed E-state index contributed by atoms with van der Waals surface area (Å²) in [6.45, 7) is 5.11. The predicted octanol–water partition coefficient (Wildman–Crippen LogP) is 0.905. The van der Waals surface area contributed by atoms with Gasteiger partial charge in [0.1, 0.15) is 0 Å². The third-order valence-corrected chi connectivity index (χ3v) is 3.59. The molecule has 1 aliphatic rings. The van der Waals surface area contributed by atoms with Gasteiger partial charge < -0.3 is 15.5 Å². The molecular weight excluding hydrogens is 228 g/mol. The molecule has 0 aromatic carbocycles. The molecule has 18 heavy (non-hydrogen) atoms. The molecule has 4 atom stereocenters. The number of nitrogens with one attached hydrogen (secondary N) is 1. The molecule has 0 saturated heterocycles. The van der Waals surface area contributed by atoms with E-state index in [1.165, 1.54) is 0 Å². The summed E-state index contributed by atoms with van der Waals surface area (Å²) in [5, 5.41) is 23.3. The van der Waals surface area contributed by atoms with E-state index in [9.17, 15) is 10.2 Å². The largest absolute Gasteiger partial charge is 0.390 e. The molecule has 3 N–H and O–H groups in total. The zero-order valence-electron chi connectivity index (χ0n) is 11.0. The fourth-order valence-corrected chi connectivity index (χ4v) is 2.61. The summed E-state index contributed by atoms with van der Waals surface area (Å²) in [5.74, 6) is 0.671. The van der Waals surface area contributed by atoms with Crippen molar-refractivity contribution < 1.29 is 10.2 Å². The average Bonchev–Trinajstić information content (AvgIpc) is 2.64. The van der Waals surface area contributed by atoms with Gasteiger partial charge >= 0.3 is 0 Å². The summed E-state index contributed by atoms with van der Waals surface area (Å²) in [6, 6.07) is 3.84. The van der Waals surface area contributed by atoms with E-state index in [0.29, 0.717) is 12.3 Å². The van der Waals surface area contributed by atoms with Crippen molar-refractivity contribution >= 4 is 0 Å². The van der Waals surface area contributed by atoms with Crippen LogP contribution in [-0.2, 0) is 0 Å². The van der Waals surface area contributed by atoms with Crippen molar-refractivity contribution in [2.75, 3.05) is 6.54 Å². The van der Waals surface area contributed by atoms with E-state index >= 15 is 0 Å². The second-order valence-electron chi connectivity index (χ2n) is 5.51. The first-order valence-corrected chi connectivity index (χ1v) is 6.59. The van der Waals surface area contributed by atoms with Crippen LogP contribution in [0.25, 0.3) is 0 Å². The Morgan fingerprint density at radius 3 is 2.61 bits per heavy atom. The molecule has 2 rings (SSSR count). The number of aliphatic hydroxyl groups excluding tert-OH is 2. The minimum absolute atomic E-state index is 0.0789. The number of hydrogen-bond acceptors (Lipinski definition) is 4. The molecule has 1 aromatic rings. The van der Waals surface area contributed by atoms with Crippen LogP contribution in [0.5, 0.6) is 0 Å². The summed E-state index contributed by atoms with van der Waals surface area (Å²) in [6.07, 6.45) is 2.77. The highest BCUT2D eigenvalue weighted by Crippen LogP contribution is 2.35. The molecule has 0 unspecified atom stereocenters. The Kier molecular flexibility index (Phi) is 4.32. The van der Waals surface area contributed by atoms with Gasteiger partial charge in [-0.25, -0.2) is 0 Å². The van der Waals surface area contributed by atoms with Gasteiger partial charge in [-0.2, -0.15) is 0 Å². The second-order valence-corrected chi connectivity index (χ2v) is 5.51. The Balaban J connectivity index is 2.12. The quantitative estimate of drug-likeness (QED) is 0.743. The van der Waals surface area contributed by atoms with Crippen LogP contribution in [0.4, 0.5) is 0 Å². The predicted molar refractivity (Wildman–Crippen MR) is 70.2 cm³/mol. The topological polar surface area (TPSA) is 65.4 Å². The highest BCUT2D eigenvalue weighted by molar-refractivity contribution is 5.22. The molecule has 4 nitrogen and oxygen atoms in total. The van der Waals surface area contributed by atoms with Gasteiger partial charge in [-0.3, -0.25) is 4.98 Å². The van der Waals surface area contributed by atoms with E-state index in [0.717, 1.165) is 12.1 Å². The van der Waals surface area contributed by atoms with Gasteiger partial charge in [0.15, 0.2) is 0 Å². The summed E-state index contributed by atoms with van der Waals surface area (Å²) in [7, 11) is 0. The first kappa shape index (κ1) is 13.5. The van der Waals surface area contributed by atoms with Crippen molar-refractivity contribution in [3.05, 3.63) is 30.1 Å². The molecule has 1 aliphatic carbocycles. The number of nitrogens with zero attached hydrogens (tertiary/aromatic N) is 1.